The Hall–Kier alpha value is -2.48. The zero-order chi connectivity index (χ0) is 24.8. The average molecular weight is 518 g/mol. The van der Waals surface area contributed by atoms with E-state index in [1.54, 1.807) is 30.3 Å². The van der Waals surface area contributed by atoms with Crippen molar-refractivity contribution in [1.82, 2.24) is 4.90 Å². The zero-order valence-corrected chi connectivity index (χ0v) is 21.6. The molecular weight excluding hydrogens is 493 g/mol. The maximum absolute atomic E-state index is 12.9. The van der Waals surface area contributed by atoms with Crippen LogP contribution in [0.2, 0.25) is 10.0 Å². The third kappa shape index (κ3) is 4.83. The van der Waals surface area contributed by atoms with E-state index < -0.39 is 17.1 Å². The second-order valence-electron chi connectivity index (χ2n) is 9.23. The summed E-state index contributed by atoms with van der Waals surface area (Å²) in [5.41, 5.74) is 3.43. The van der Waals surface area contributed by atoms with Gasteiger partial charge in [0.1, 0.15) is 6.54 Å². The molecule has 34 heavy (non-hydrogen) atoms. The summed E-state index contributed by atoms with van der Waals surface area (Å²) in [6, 6.07) is 10.5. The van der Waals surface area contributed by atoms with E-state index in [0.717, 1.165) is 34.3 Å². The number of nitrogens with zero attached hydrogens (tertiary/aromatic N) is 2. The number of anilines is 2. The Morgan fingerprint density at radius 3 is 2.56 bits per heavy atom. The van der Waals surface area contributed by atoms with Gasteiger partial charge < -0.3 is 10.2 Å². The zero-order valence-electron chi connectivity index (χ0n) is 19.3. The molecule has 2 aliphatic rings. The van der Waals surface area contributed by atoms with Crippen molar-refractivity contribution in [2.45, 2.75) is 38.6 Å². The van der Waals surface area contributed by atoms with Crippen molar-refractivity contribution in [2.75, 3.05) is 23.8 Å². The number of imide groups is 1. The highest BCUT2D eigenvalue weighted by Gasteiger charge is 2.37. The van der Waals surface area contributed by atoms with Gasteiger partial charge in [-0.25, -0.2) is 0 Å². The largest absolute Gasteiger partial charge is 0.369 e. The molecule has 9 heteroatoms. The first-order valence-electron chi connectivity index (χ1n) is 10.8. The lowest BCUT2D eigenvalue weighted by molar-refractivity contribution is -0.127. The first-order valence-corrected chi connectivity index (χ1v) is 12.4. The summed E-state index contributed by atoms with van der Waals surface area (Å²) in [4.78, 5) is 41.2. The predicted molar refractivity (Wildman–Crippen MR) is 140 cm³/mol. The predicted octanol–water partition coefficient (Wildman–Crippen LogP) is 6.39. The van der Waals surface area contributed by atoms with E-state index in [1.165, 1.54) is 0 Å². The van der Waals surface area contributed by atoms with E-state index in [9.17, 15) is 14.4 Å². The summed E-state index contributed by atoms with van der Waals surface area (Å²) in [6.07, 6.45) is 2.62. The van der Waals surface area contributed by atoms with Crippen molar-refractivity contribution in [2.24, 2.45) is 0 Å². The molecule has 3 amide bonds. The molecule has 1 saturated heterocycles. The van der Waals surface area contributed by atoms with E-state index in [4.69, 9.17) is 23.2 Å². The lowest BCUT2D eigenvalue weighted by Gasteiger charge is -2.45. The number of hydrogen-bond acceptors (Lipinski definition) is 5. The fraction of sp³-hybridized carbons (Fsp3) is 0.320. The summed E-state index contributed by atoms with van der Waals surface area (Å²) < 4.78 is 0. The minimum atomic E-state index is -0.513. The van der Waals surface area contributed by atoms with Crippen LogP contribution in [0.5, 0.6) is 0 Å². The molecule has 0 aliphatic carbocycles. The SMILES string of the molecule is C[C@H]1CC(C)(C)N(C)c2cc(Cl)c(/C=C3\SC(=O)N(CC(=O)Nc4ccc(Cl)cc4)C3=O)cc21. The molecule has 1 fully saturated rings. The minimum Gasteiger partial charge on any atom is -0.369 e. The van der Waals surface area contributed by atoms with Crippen LogP contribution in [0.15, 0.2) is 41.3 Å². The molecule has 0 unspecified atom stereocenters. The van der Waals surface area contributed by atoms with Crippen molar-refractivity contribution in [3.05, 3.63) is 62.5 Å². The number of halogens is 2. The number of amides is 3. The van der Waals surface area contributed by atoms with Crippen LogP contribution in [0.1, 0.15) is 44.2 Å². The van der Waals surface area contributed by atoms with Gasteiger partial charge in [-0.3, -0.25) is 19.3 Å². The maximum Gasteiger partial charge on any atom is 0.294 e. The van der Waals surface area contributed by atoms with Gasteiger partial charge in [-0.05, 0) is 91.5 Å². The maximum atomic E-state index is 12.9. The van der Waals surface area contributed by atoms with Crippen molar-refractivity contribution in [1.29, 1.82) is 0 Å². The Morgan fingerprint density at radius 1 is 1.21 bits per heavy atom. The van der Waals surface area contributed by atoms with Crippen LogP contribution in [0.3, 0.4) is 0 Å². The molecule has 0 spiro atoms. The number of carbonyl (C=O) groups is 3. The Morgan fingerprint density at radius 2 is 1.88 bits per heavy atom. The van der Waals surface area contributed by atoms with Crippen molar-refractivity contribution in [3.63, 3.8) is 0 Å². The third-order valence-corrected chi connectivity index (χ3v) is 7.83. The van der Waals surface area contributed by atoms with Crippen LogP contribution in [-0.2, 0) is 9.59 Å². The average Bonchev–Trinajstić information content (AvgIpc) is 3.02. The van der Waals surface area contributed by atoms with E-state index in [1.807, 2.05) is 12.1 Å². The van der Waals surface area contributed by atoms with Gasteiger partial charge in [-0.15, -0.1) is 0 Å². The molecule has 0 radical (unpaired) electrons. The summed E-state index contributed by atoms with van der Waals surface area (Å²) in [5.74, 6) is -0.671. The molecule has 1 N–H and O–H groups in total. The van der Waals surface area contributed by atoms with Crippen molar-refractivity contribution < 1.29 is 14.4 Å². The number of carbonyl (C=O) groups excluding carboxylic acids is 3. The van der Waals surface area contributed by atoms with E-state index in [-0.39, 0.29) is 17.0 Å². The molecule has 2 heterocycles. The van der Waals surface area contributed by atoms with Gasteiger partial charge in [0.2, 0.25) is 5.91 Å². The molecule has 178 valence electrons. The van der Waals surface area contributed by atoms with E-state index in [0.29, 0.717) is 27.2 Å². The molecule has 0 aromatic heterocycles. The first kappa shape index (κ1) is 24.6. The van der Waals surface area contributed by atoms with Gasteiger partial charge in [0.05, 0.1) is 4.91 Å². The summed E-state index contributed by atoms with van der Waals surface area (Å²) in [7, 11) is 2.06. The number of benzene rings is 2. The van der Waals surface area contributed by atoms with Gasteiger partial charge in [0, 0.05) is 34.0 Å². The summed E-state index contributed by atoms with van der Waals surface area (Å²) in [6.45, 7) is 6.21. The van der Waals surface area contributed by atoms with Crippen LogP contribution in [0.25, 0.3) is 6.08 Å². The third-order valence-electron chi connectivity index (χ3n) is 6.34. The van der Waals surface area contributed by atoms with Gasteiger partial charge in [-0.1, -0.05) is 30.1 Å². The van der Waals surface area contributed by atoms with Gasteiger partial charge in [-0.2, -0.15) is 0 Å². The van der Waals surface area contributed by atoms with Crippen LogP contribution < -0.4 is 10.2 Å². The van der Waals surface area contributed by atoms with Crippen LogP contribution >= 0.6 is 35.0 Å². The van der Waals surface area contributed by atoms with Crippen molar-refractivity contribution in [3.8, 4) is 0 Å². The smallest absolute Gasteiger partial charge is 0.294 e. The van der Waals surface area contributed by atoms with E-state index >= 15 is 0 Å². The number of nitrogens with one attached hydrogen (secondary N) is 1. The fourth-order valence-corrected chi connectivity index (χ4v) is 5.54. The quantitative estimate of drug-likeness (QED) is 0.475. The van der Waals surface area contributed by atoms with Crippen LogP contribution in [0, 0.1) is 0 Å². The fourth-order valence-electron chi connectivity index (χ4n) is 4.37. The Balaban J connectivity index is 1.54. The second-order valence-corrected chi connectivity index (χ2v) is 11.1. The molecule has 2 aromatic rings. The first-order chi connectivity index (χ1) is 16.0. The lowest BCUT2D eigenvalue weighted by atomic mass is 9.80. The highest BCUT2D eigenvalue weighted by molar-refractivity contribution is 8.18. The summed E-state index contributed by atoms with van der Waals surface area (Å²) >= 11 is 13.2. The van der Waals surface area contributed by atoms with Crippen LogP contribution in [0.4, 0.5) is 16.2 Å². The number of fused-ring (bicyclic) bond motifs is 1. The molecule has 6 nitrogen and oxygen atoms in total. The molecule has 1 atom stereocenters. The normalized spacial score (nSPS) is 20.6. The Kier molecular flexibility index (Phi) is 6.73. The van der Waals surface area contributed by atoms with E-state index in [2.05, 4.69) is 38.0 Å². The number of rotatable bonds is 4. The summed E-state index contributed by atoms with van der Waals surface area (Å²) in [5, 5.41) is 3.21. The van der Waals surface area contributed by atoms with Gasteiger partial charge in [0.25, 0.3) is 11.1 Å². The Bertz CT molecular complexity index is 1210. The topological polar surface area (TPSA) is 69.7 Å². The Labute approximate surface area is 213 Å². The highest BCUT2D eigenvalue weighted by atomic mass is 35.5. The molecule has 2 aromatic carbocycles. The van der Waals surface area contributed by atoms with Crippen LogP contribution in [-0.4, -0.2) is 41.1 Å². The molecule has 4 rings (SSSR count). The van der Waals surface area contributed by atoms with Gasteiger partial charge in [0.15, 0.2) is 0 Å². The number of hydrogen-bond donors (Lipinski definition) is 1. The van der Waals surface area contributed by atoms with Crippen molar-refractivity contribution >= 4 is 69.5 Å². The molecular formula is C25H25Cl2N3O3S. The lowest BCUT2D eigenvalue weighted by Crippen LogP contribution is -2.45. The monoisotopic (exact) mass is 517 g/mol. The molecule has 0 bridgehead atoms. The highest BCUT2D eigenvalue weighted by Crippen LogP contribution is 2.45. The van der Waals surface area contributed by atoms with Gasteiger partial charge >= 0.3 is 0 Å². The minimum absolute atomic E-state index is 0.00645. The second kappa shape index (κ2) is 9.29. The molecule has 0 saturated carbocycles. The number of thioether (sulfide) groups is 1. The molecule has 2 aliphatic heterocycles. The standard InChI is InChI=1S/C25H25Cl2N3O3S/c1-14-12-25(2,3)29(4)20-11-19(27)15(9-18(14)20)10-21-23(32)30(24(33)34-21)13-22(31)28-17-7-5-16(26)6-8-17/h5-11,14H,12-13H2,1-4H3,(H,28,31)/b21-10-/t14-/m0/s1.